The lowest BCUT2D eigenvalue weighted by atomic mass is 10.3. The van der Waals surface area contributed by atoms with Crippen molar-refractivity contribution in [2.75, 3.05) is 26.2 Å². The van der Waals surface area contributed by atoms with Crippen LogP contribution in [0.2, 0.25) is 0 Å². The summed E-state index contributed by atoms with van der Waals surface area (Å²) in [7, 11) is 0. The van der Waals surface area contributed by atoms with Gasteiger partial charge in [0.1, 0.15) is 0 Å². The summed E-state index contributed by atoms with van der Waals surface area (Å²) < 4.78 is 0. The lowest BCUT2D eigenvalue weighted by molar-refractivity contribution is 0.556. The van der Waals surface area contributed by atoms with Gasteiger partial charge in [-0.1, -0.05) is 12.1 Å². The van der Waals surface area contributed by atoms with E-state index in [1.165, 1.54) is 12.8 Å². The summed E-state index contributed by atoms with van der Waals surface area (Å²) in [4.78, 5) is 8.59. The molecular formula is C19H29N5. The number of aromatic nitrogens is 2. The number of unbranched alkanes of at least 4 members (excludes halogenated alkanes) is 1. The van der Waals surface area contributed by atoms with Crippen LogP contribution in [0.4, 0.5) is 0 Å². The first-order chi connectivity index (χ1) is 11.9. The molecule has 0 spiro atoms. The first-order valence-corrected chi connectivity index (χ1v) is 8.87. The summed E-state index contributed by atoms with van der Waals surface area (Å²) in [5.41, 5.74) is 2.21. The largest absolute Gasteiger partial charge is 0.317 e. The maximum Gasteiger partial charge on any atom is 0.0541 e. The standard InChI is InChI=1S/C19H29N5/c1-3-14-23-18(8-1)16-21-11-6-5-10-20-12-7-13-22-17-19-9-2-4-15-24-19/h1-4,8-9,14-15,20-22H,5-7,10-13,16-17H2. The van der Waals surface area contributed by atoms with Crippen molar-refractivity contribution in [3.63, 3.8) is 0 Å². The molecule has 0 aromatic carbocycles. The number of hydrogen-bond donors (Lipinski definition) is 3. The smallest absolute Gasteiger partial charge is 0.0541 e. The Kier molecular flexibility index (Phi) is 9.71. The normalized spacial score (nSPS) is 10.8. The summed E-state index contributed by atoms with van der Waals surface area (Å²) in [6.07, 6.45) is 7.22. The zero-order chi connectivity index (χ0) is 16.7. The fraction of sp³-hybridized carbons (Fsp3) is 0.474. The fourth-order valence-electron chi connectivity index (χ4n) is 2.40. The molecule has 2 heterocycles. The number of rotatable bonds is 13. The molecule has 0 saturated heterocycles. The van der Waals surface area contributed by atoms with Crippen molar-refractivity contribution in [1.29, 1.82) is 0 Å². The quantitative estimate of drug-likeness (QED) is 0.492. The Hall–Kier alpha value is -1.82. The fourth-order valence-corrected chi connectivity index (χ4v) is 2.40. The highest BCUT2D eigenvalue weighted by molar-refractivity contribution is 5.03. The minimum absolute atomic E-state index is 0.850. The first kappa shape index (κ1) is 18.5. The van der Waals surface area contributed by atoms with Crippen molar-refractivity contribution < 1.29 is 0 Å². The molecule has 5 heteroatoms. The van der Waals surface area contributed by atoms with E-state index in [1.54, 1.807) is 0 Å². The van der Waals surface area contributed by atoms with Crippen LogP contribution >= 0.6 is 0 Å². The Balaban J connectivity index is 1.32. The molecule has 2 aromatic rings. The third-order valence-electron chi connectivity index (χ3n) is 3.73. The Bertz CT molecular complexity index is 468. The van der Waals surface area contributed by atoms with Gasteiger partial charge in [-0.15, -0.1) is 0 Å². The molecule has 0 bridgehead atoms. The average Bonchev–Trinajstić information content (AvgIpc) is 2.64. The van der Waals surface area contributed by atoms with Gasteiger partial charge in [0, 0.05) is 25.5 Å². The molecule has 24 heavy (non-hydrogen) atoms. The predicted molar refractivity (Wildman–Crippen MR) is 98.6 cm³/mol. The third kappa shape index (κ3) is 8.72. The van der Waals surface area contributed by atoms with Crippen LogP contribution in [0.25, 0.3) is 0 Å². The van der Waals surface area contributed by atoms with Gasteiger partial charge in [0.25, 0.3) is 0 Å². The molecule has 0 radical (unpaired) electrons. The number of nitrogens with one attached hydrogen (secondary N) is 3. The SMILES string of the molecule is c1ccc(CNCCCCNCCCNCc2ccccn2)nc1. The second-order valence-corrected chi connectivity index (χ2v) is 5.81. The van der Waals surface area contributed by atoms with E-state index in [2.05, 4.69) is 32.0 Å². The number of hydrogen-bond acceptors (Lipinski definition) is 5. The summed E-state index contributed by atoms with van der Waals surface area (Å²) >= 11 is 0. The van der Waals surface area contributed by atoms with Crippen LogP contribution in [0.1, 0.15) is 30.7 Å². The second kappa shape index (κ2) is 12.6. The van der Waals surface area contributed by atoms with Crippen LogP contribution in [0, 0.1) is 0 Å². The van der Waals surface area contributed by atoms with E-state index in [9.17, 15) is 0 Å². The molecule has 0 aliphatic rings. The minimum atomic E-state index is 0.850. The van der Waals surface area contributed by atoms with Gasteiger partial charge in [-0.25, -0.2) is 0 Å². The van der Waals surface area contributed by atoms with Gasteiger partial charge in [-0.3, -0.25) is 9.97 Å². The van der Waals surface area contributed by atoms with E-state index in [-0.39, 0.29) is 0 Å². The third-order valence-corrected chi connectivity index (χ3v) is 3.73. The molecule has 130 valence electrons. The van der Waals surface area contributed by atoms with E-state index >= 15 is 0 Å². The van der Waals surface area contributed by atoms with Gasteiger partial charge in [-0.05, 0) is 69.7 Å². The summed E-state index contributed by atoms with van der Waals surface area (Å²) in [6.45, 7) is 5.93. The summed E-state index contributed by atoms with van der Waals surface area (Å²) in [5.74, 6) is 0. The minimum Gasteiger partial charge on any atom is -0.317 e. The summed E-state index contributed by atoms with van der Waals surface area (Å²) in [5, 5.41) is 10.3. The van der Waals surface area contributed by atoms with Crippen molar-refractivity contribution in [2.45, 2.75) is 32.4 Å². The van der Waals surface area contributed by atoms with Crippen LogP contribution in [-0.2, 0) is 13.1 Å². The number of nitrogens with zero attached hydrogens (tertiary/aromatic N) is 2. The van der Waals surface area contributed by atoms with Crippen molar-refractivity contribution in [3.05, 3.63) is 60.2 Å². The Labute approximate surface area is 145 Å². The monoisotopic (exact) mass is 327 g/mol. The van der Waals surface area contributed by atoms with Crippen molar-refractivity contribution >= 4 is 0 Å². The first-order valence-electron chi connectivity index (χ1n) is 8.87. The summed E-state index contributed by atoms with van der Waals surface area (Å²) in [6, 6.07) is 12.0. The molecule has 5 nitrogen and oxygen atoms in total. The molecule has 0 aliphatic carbocycles. The van der Waals surface area contributed by atoms with Crippen LogP contribution in [0.5, 0.6) is 0 Å². The van der Waals surface area contributed by atoms with Crippen LogP contribution in [0.15, 0.2) is 48.8 Å². The van der Waals surface area contributed by atoms with E-state index in [0.717, 1.165) is 57.1 Å². The molecule has 3 N–H and O–H groups in total. The van der Waals surface area contributed by atoms with Crippen LogP contribution in [0.3, 0.4) is 0 Å². The molecular weight excluding hydrogens is 298 g/mol. The Morgan fingerprint density at radius 3 is 1.62 bits per heavy atom. The van der Waals surface area contributed by atoms with Gasteiger partial charge in [-0.2, -0.15) is 0 Å². The van der Waals surface area contributed by atoms with Crippen molar-refractivity contribution in [1.82, 2.24) is 25.9 Å². The molecule has 0 amide bonds. The molecule has 0 unspecified atom stereocenters. The van der Waals surface area contributed by atoms with Crippen molar-refractivity contribution in [2.24, 2.45) is 0 Å². The average molecular weight is 327 g/mol. The highest BCUT2D eigenvalue weighted by atomic mass is 14.9. The molecule has 0 fully saturated rings. The van der Waals surface area contributed by atoms with Gasteiger partial charge in [0.05, 0.1) is 11.4 Å². The molecule has 0 atom stereocenters. The molecule has 0 aliphatic heterocycles. The van der Waals surface area contributed by atoms with E-state index in [4.69, 9.17) is 0 Å². The highest BCUT2D eigenvalue weighted by Crippen LogP contribution is 1.93. The molecule has 2 aromatic heterocycles. The van der Waals surface area contributed by atoms with E-state index in [0.29, 0.717) is 0 Å². The second-order valence-electron chi connectivity index (χ2n) is 5.81. The van der Waals surface area contributed by atoms with Gasteiger partial charge in [0.2, 0.25) is 0 Å². The predicted octanol–water partition coefficient (Wildman–Crippen LogP) is 2.12. The maximum atomic E-state index is 4.30. The Morgan fingerprint density at radius 1 is 0.583 bits per heavy atom. The highest BCUT2D eigenvalue weighted by Gasteiger charge is 1.94. The maximum absolute atomic E-state index is 4.30. The zero-order valence-corrected chi connectivity index (χ0v) is 14.4. The van der Waals surface area contributed by atoms with Crippen LogP contribution in [-0.4, -0.2) is 36.1 Å². The van der Waals surface area contributed by atoms with Crippen molar-refractivity contribution in [3.8, 4) is 0 Å². The number of pyridine rings is 2. The van der Waals surface area contributed by atoms with Gasteiger partial charge in [0.15, 0.2) is 0 Å². The van der Waals surface area contributed by atoms with E-state index in [1.807, 2.05) is 42.7 Å². The zero-order valence-electron chi connectivity index (χ0n) is 14.4. The van der Waals surface area contributed by atoms with E-state index < -0.39 is 0 Å². The molecule has 0 saturated carbocycles. The topological polar surface area (TPSA) is 61.9 Å². The Morgan fingerprint density at radius 2 is 1.08 bits per heavy atom. The van der Waals surface area contributed by atoms with Gasteiger partial charge < -0.3 is 16.0 Å². The van der Waals surface area contributed by atoms with Gasteiger partial charge >= 0.3 is 0 Å². The lowest BCUT2D eigenvalue weighted by Crippen LogP contribution is -2.23. The van der Waals surface area contributed by atoms with Crippen LogP contribution < -0.4 is 16.0 Å². The molecule has 2 rings (SSSR count). The lowest BCUT2D eigenvalue weighted by Gasteiger charge is -2.07.